The van der Waals surface area contributed by atoms with Gasteiger partial charge >= 0.3 is 0 Å². The van der Waals surface area contributed by atoms with Crippen LogP contribution in [-0.2, 0) is 11.2 Å². The molecule has 1 fully saturated rings. The van der Waals surface area contributed by atoms with Crippen molar-refractivity contribution in [3.8, 4) is 11.4 Å². The lowest BCUT2D eigenvalue weighted by Crippen LogP contribution is -2.38. The highest BCUT2D eigenvalue weighted by Gasteiger charge is 2.23. The highest BCUT2D eigenvalue weighted by molar-refractivity contribution is 7.08. The molecule has 0 aliphatic carbocycles. The number of carbonyl (C=O) groups excluding carboxylic acids is 1. The summed E-state index contributed by atoms with van der Waals surface area (Å²) >= 11 is 1.59. The SMILES string of the molecule is CN(C(=O)CCc1nc(-c2ccsc2)no1)C1CCNC1. The Morgan fingerprint density at radius 2 is 2.52 bits per heavy atom. The zero-order chi connectivity index (χ0) is 14.7. The normalized spacial score (nSPS) is 18.0. The molecule has 1 unspecified atom stereocenters. The number of hydrogen-bond donors (Lipinski definition) is 1. The van der Waals surface area contributed by atoms with Crippen LogP contribution in [0, 0.1) is 0 Å². The molecular weight excluding hydrogens is 288 g/mol. The van der Waals surface area contributed by atoms with Crippen molar-refractivity contribution in [1.29, 1.82) is 0 Å². The second kappa shape index (κ2) is 6.36. The first-order valence-corrected chi connectivity index (χ1v) is 8.00. The van der Waals surface area contributed by atoms with Crippen molar-refractivity contribution in [2.24, 2.45) is 0 Å². The van der Waals surface area contributed by atoms with E-state index < -0.39 is 0 Å². The van der Waals surface area contributed by atoms with Crippen LogP contribution in [0.25, 0.3) is 11.4 Å². The van der Waals surface area contributed by atoms with E-state index in [1.807, 2.05) is 28.8 Å². The topological polar surface area (TPSA) is 71.3 Å². The van der Waals surface area contributed by atoms with Crippen molar-refractivity contribution in [2.45, 2.75) is 25.3 Å². The summed E-state index contributed by atoms with van der Waals surface area (Å²) in [5.41, 5.74) is 0.954. The molecule has 0 bridgehead atoms. The lowest BCUT2D eigenvalue weighted by Gasteiger charge is -2.23. The molecule has 1 aliphatic heterocycles. The first-order valence-electron chi connectivity index (χ1n) is 7.05. The molecule has 0 spiro atoms. The molecule has 1 aliphatic rings. The van der Waals surface area contributed by atoms with Gasteiger partial charge in [-0.15, -0.1) is 0 Å². The van der Waals surface area contributed by atoms with Crippen molar-refractivity contribution in [3.63, 3.8) is 0 Å². The molecule has 7 heteroatoms. The number of carbonyl (C=O) groups is 1. The van der Waals surface area contributed by atoms with E-state index in [1.165, 1.54) is 0 Å². The van der Waals surface area contributed by atoms with E-state index in [1.54, 1.807) is 11.3 Å². The summed E-state index contributed by atoms with van der Waals surface area (Å²) in [5.74, 6) is 1.23. The zero-order valence-corrected chi connectivity index (χ0v) is 12.7. The second-order valence-corrected chi connectivity index (χ2v) is 5.96. The fourth-order valence-corrected chi connectivity index (χ4v) is 3.06. The number of aromatic nitrogens is 2. The van der Waals surface area contributed by atoms with Gasteiger partial charge in [-0.1, -0.05) is 5.16 Å². The van der Waals surface area contributed by atoms with Crippen LogP contribution in [0.1, 0.15) is 18.7 Å². The van der Waals surface area contributed by atoms with Crippen molar-refractivity contribution in [2.75, 3.05) is 20.1 Å². The van der Waals surface area contributed by atoms with Crippen LogP contribution in [0.3, 0.4) is 0 Å². The first-order chi connectivity index (χ1) is 10.2. The molecule has 6 nitrogen and oxygen atoms in total. The van der Waals surface area contributed by atoms with Gasteiger partial charge in [-0.05, 0) is 24.4 Å². The second-order valence-electron chi connectivity index (χ2n) is 5.18. The third-order valence-corrected chi connectivity index (χ3v) is 4.46. The fourth-order valence-electron chi connectivity index (χ4n) is 2.43. The number of hydrogen-bond acceptors (Lipinski definition) is 6. The Labute approximate surface area is 127 Å². The van der Waals surface area contributed by atoms with E-state index >= 15 is 0 Å². The Balaban J connectivity index is 1.54. The quantitative estimate of drug-likeness (QED) is 0.907. The minimum Gasteiger partial charge on any atom is -0.341 e. The Bertz CT molecular complexity index is 590. The molecule has 1 N–H and O–H groups in total. The standard InChI is InChI=1S/C14H18N4O2S/c1-18(11-4-6-15-8-11)13(19)3-2-12-16-14(17-20-12)10-5-7-21-9-10/h5,7,9,11,15H,2-4,6,8H2,1H3. The van der Waals surface area contributed by atoms with Crippen LogP contribution >= 0.6 is 11.3 Å². The van der Waals surface area contributed by atoms with Gasteiger partial charge in [0, 0.05) is 43.4 Å². The van der Waals surface area contributed by atoms with Crippen molar-refractivity contribution < 1.29 is 9.32 Å². The van der Waals surface area contributed by atoms with Gasteiger partial charge in [-0.3, -0.25) is 4.79 Å². The molecular formula is C14H18N4O2S. The summed E-state index contributed by atoms with van der Waals surface area (Å²) in [6.45, 7) is 1.86. The maximum atomic E-state index is 12.1. The van der Waals surface area contributed by atoms with Crippen LogP contribution in [-0.4, -0.2) is 47.1 Å². The summed E-state index contributed by atoms with van der Waals surface area (Å²) in [7, 11) is 1.87. The van der Waals surface area contributed by atoms with Crippen LogP contribution in [0.5, 0.6) is 0 Å². The van der Waals surface area contributed by atoms with Gasteiger partial charge in [-0.25, -0.2) is 0 Å². The van der Waals surface area contributed by atoms with E-state index in [0.717, 1.165) is 25.1 Å². The first kappa shape index (κ1) is 14.2. The predicted molar refractivity (Wildman–Crippen MR) is 80.0 cm³/mol. The largest absolute Gasteiger partial charge is 0.341 e. The number of nitrogens with zero attached hydrogens (tertiary/aromatic N) is 3. The van der Waals surface area contributed by atoms with Crippen LogP contribution < -0.4 is 5.32 Å². The third kappa shape index (κ3) is 3.30. The maximum absolute atomic E-state index is 12.1. The number of aryl methyl sites for hydroxylation is 1. The van der Waals surface area contributed by atoms with Gasteiger partial charge in [0.2, 0.25) is 17.6 Å². The van der Waals surface area contributed by atoms with E-state index in [-0.39, 0.29) is 5.91 Å². The van der Waals surface area contributed by atoms with Gasteiger partial charge < -0.3 is 14.7 Å². The van der Waals surface area contributed by atoms with E-state index in [0.29, 0.717) is 30.6 Å². The van der Waals surface area contributed by atoms with Gasteiger partial charge in [0.25, 0.3) is 0 Å². The van der Waals surface area contributed by atoms with E-state index in [2.05, 4.69) is 15.5 Å². The molecule has 2 aromatic rings. The lowest BCUT2D eigenvalue weighted by molar-refractivity contribution is -0.131. The van der Waals surface area contributed by atoms with E-state index in [9.17, 15) is 4.79 Å². The summed E-state index contributed by atoms with van der Waals surface area (Å²) in [5, 5.41) is 11.2. The molecule has 2 aromatic heterocycles. The molecule has 1 amide bonds. The molecule has 0 aromatic carbocycles. The summed E-state index contributed by atoms with van der Waals surface area (Å²) in [4.78, 5) is 18.3. The Kier molecular flexibility index (Phi) is 4.31. The average Bonchev–Trinajstić information content (AvgIpc) is 3.25. The average molecular weight is 306 g/mol. The minimum absolute atomic E-state index is 0.124. The van der Waals surface area contributed by atoms with Crippen molar-refractivity contribution >= 4 is 17.2 Å². The molecule has 0 radical (unpaired) electrons. The highest BCUT2D eigenvalue weighted by atomic mass is 32.1. The number of likely N-dealkylation sites (N-methyl/N-ethyl adjacent to an activating group) is 1. The Hall–Kier alpha value is -1.73. The summed E-state index contributed by atoms with van der Waals surface area (Å²) in [6, 6.07) is 2.26. The smallest absolute Gasteiger partial charge is 0.227 e. The van der Waals surface area contributed by atoms with Gasteiger partial charge in [0.1, 0.15) is 0 Å². The van der Waals surface area contributed by atoms with Crippen molar-refractivity contribution in [3.05, 3.63) is 22.7 Å². The minimum atomic E-state index is 0.124. The van der Waals surface area contributed by atoms with Crippen LogP contribution in [0.15, 0.2) is 21.3 Å². The zero-order valence-electron chi connectivity index (χ0n) is 11.9. The number of amides is 1. The fraction of sp³-hybridized carbons (Fsp3) is 0.500. The molecule has 0 saturated carbocycles. The molecule has 1 atom stereocenters. The Morgan fingerprint density at radius 1 is 1.62 bits per heavy atom. The van der Waals surface area contributed by atoms with Gasteiger partial charge in [-0.2, -0.15) is 16.3 Å². The lowest BCUT2D eigenvalue weighted by atomic mass is 10.2. The highest BCUT2D eigenvalue weighted by Crippen LogP contribution is 2.19. The van der Waals surface area contributed by atoms with Gasteiger partial charge in [0.15, 0.2) is 0 Å². The molecule has 21 heavy (non-hydrogen) atoms. The molecule has 3 heterocycles. The monoisotopic (exact) mass is 306 g/mol. The van der Waals surface area contributed by atoms with Crippen molar-refractivity contribution in [1.82, 2.24) is 20.4 Å². The molecule has 1 saturated heterocycles. The Morgan fingerprint density at radius 3 is 3.24 bits per heavy atom. The molecule has 112 valence electrons. The number of rotatable bonds is 5. The van der Waals surface area contributed by atoms with Crippen LogP contribution in [0.4, 0.5) is 0 Å². The predicted octanol–water partition coefficient (Wildman–Crippen LogP) is 1.55. The summed E-state index contributed by atoms with van der Waals surface area (Å²) in [6.07, 6.45) is 1.91. The third-order valence-electron chi connectivity index (χ3n) is 3.78. The molecule has 3 rings (SSSR count). The summed E-state index contributed by atoms with van der Waals surface area (Å²) < 4.78 is 5.20. The van der Waals surface area contributed by atoms with E-state index in [4.69, 9.17) is 4.52 Å². The number of nitrogens with one attached hydrogen (secondary N) is 1. The van der Waals surface area contributed by atoms with Crippen LogP contribution in [0.2, 0.25) is 0 Å². The maximum Gasteiger partial charge on any atom is 0.227 e. The number of thiophene rings is 1. The van der Waals surface area contributed by atoms with Gasteiger partial charge in [0.05, 0.1) is 0 Å².